The molecule has 2 aromatic rings. The Morgan fingerprint density at radius 1 is 1.21 bits per heavy atom. The first-order valence-electron chi connectivity index (χ1n) is 3.70. The normalized spacial score (nSPS) is 10.1. The van der Waals surface area contributed by atoms with Gasteiger partial charge in [0.2, 0.25) is 0 Å². The number of nitrogens with zero attached hydrogens (tertiary/aromatic N) is 1. The summed E-state index contributed by atoms with van der Waals surface area (Å²) in [6.45, 7) is 0. The first-order chi connectivity index (χ1) is 6.74. The zero-order valence-electron chi connectivity index (χ0n) is 6.83. The second kappa shape index (κ2) is 4.14. The van der Waals surface area contributed by atoms with E-state index in [0.29, 0.717) is 5.75 Å². The van der Waals surface area contributed by atoms with Crippen molar-refractivity contribution in [3.8, 4) is 11.8 Å². The number of hydrogen-bond acceptors (Lipinski definition) is 3. The van der Waals surface area contributed by atoms with Crippen LogP contribution in [0.1, 0.15) is 0 Å². The van der Waals surface area contributed by atoms with Gasteiger partial charge in [0, 0.05) is 8.95 Å². The molecule has 1 radical (unpaired) electrons. The molecule has 0 saturated carbocycles. The quantitative estimate of drug-likeness (QED) is 0.845. The lowest BCUT2D eigenvalue weighted by Crippen LogP contribution is -1.83. The van der Waals surface area contributed by atoms with Crippen molar-refractivity contribution in [1.82, 2.24) is 4.98 Å². The number of hydrogen-bond donors (Lipinski definition) is 0. The minimum atomic E-state index is 0.176. The van der Waals surface area contributed by atoms with Gasteiger partial charge in [-0.3, -0.25) is 0 Å². The summed E-state index contributed by atoms with van der Waals surface area (Å²) in [6, 6.07) is 5.54. The summed E-state index contributed by atoms with van der Waals surface area (Å²) in [7, 11) is 0. The molecule has 0 aliphatic rings. The van der Waals surface area contributed by atoms with Gasteiger partial charge in [0.15, 0.2) is 6.26 Å². The maximum atomic E-state index is 5.31. The summed E-state index contributed by atoms with van der Waals surface area (Å²) >= 11 is 6.70. The van der Waals surface area contributed by atoms with Crippen LogP contribution in [0.25, 0.3) is 0 Å². The van der Waals surface area contributed by atoms with Crippen molar-refractivity contribution in [2.45, 2.75) is 0 Å². The Balaban J connectivity index is 2.25. The summed E-state index contributed by atoms with van der Waals surface area (Å²) in [6.07, 6.45) is 4.03. The zero-order valence-corrected chi connectivity index (χ0v) is 10.0. The van der Waals surface area contributed by atoms with E-state index in [9.17, 15) is 0 Å². The predicted molar refractivity (Wildman–Crippen MR) is 57.3 cm³/mol. The lowest BCUT2D eigenvalue weighted by Gasteiger charge is -2.01. The van der Waals surface area contributed by atoms with Crippen LogP contribution in [0.4, 0.5) is 0 Å². The summed E-state index contributed by atoms with van der Waals surface area (Å²) in [5.74, 6) is 0.641. The molecule has 0 saturated heterocycles. The van der Waals surface area contributed by atoms with E-state index in [4.69, 9.17) is 9.15 Å². The molecule has 0 atom stereocenters. The molecule has 3 nitrogen and oxygen atoms in total. The molecule has 0 fully saturated rings. The third-order valence-electron chi connectivity index (χ3n) is 1.41. The second-order valence-electron chi connectivity index (χ2n) is 2.45. The van der Waals surface area contributed by atoms with E-state index < -0.39 is 0 Å². The minimum absolute atomic E-state index is 0.176. The lowest BCUT2D eigenvalue weighted by atomic mass is 10.3. The first kappa shape index (κ1) is 9.73. The van der Waals surface area contributed by atoms with Crippen molar-refractivity contribution in [1.29, 1.82) is 0 Å². The van der Waals surface area contributed by atoms with E-state index >= 15 is 0 Å². The Labute approximate surface area is 97.4 Å². The summed E-state index contributed by atoms with van der Waals surface area (Å²) in [5, 5.41) is 0. The molecule has 14 heavy (non-hydrogen) atoms. The van der Waals surface area contributed by atoms with Crippen molar-refractivity contribution in [2.24, 2.45) is 0 Å². The van der Waals surface area contributed by atoms with Gasteiger partial charge >= 0.3 is 6.08 Å². The minimum Gasteiger partial charge on any atom is -0.411 e. The van der Waals surface area contributed by atoms with Crippen molar-refractivity contribution >= 4 is 31.9 Å². The average Bonchev–Trinajstić information content (AvgIpc) is 2.54. The third kappa shape index (κ3) is 2.36. The fraction of sp³-hybridized carbons (Fsp3) is 0. The first-order valence-corrected chi connectivity index (χ1v) is 5.28. The van der Waals surface area contributed by atoms with Gasteiger partial charge in [0.25, 0.3) is 0 Å². The Bertz CT molecular complexity index is 408. The van der Waals surface area contributed by atoms with Gasteiger partial charge < -0.3 is 9.15 Å². The molecule has 0 N–H and O–H groups in total. The Morgan fingerprint density at radius 3 is 2.50 bits per heavy atom. The zero-order chi connectivity index (χ0) is 9.97. The van der Waals surface area contributed by atoms with Crippen LogP contribution in [0, 0.1) is 6.26 Å². The van der Waals surface area contributed by atoms with Gasteiger partial charge in [-0.15, -0.1) is 0 Å². The summed E-state index contributed by atoms with van der Waals surface area (Å²) in [5.41, 5.74) is 0. The molecule has 0 bridgehead atoms. The van der Waals surface area contributed by atoms with E-state index in [1.165, 1.54) is 6.20 Å². The van der Waals surface area contributed by atoms with Gasteiger partial charge in [0.05, 0.1) is 6.20 Å². The van der Waals surface area contributed by atoms with Crippen LogP contribution < -0.4 is 4.74 Å². The molecule has 0 aliphatic heterocycles. The monoisotopic (exact) mass is 316 g/mol. The van der Waals surface area contributed by atoms with Gasteiger partial charge in [-0.1, -0.05) is 31.9 Å². The van der Waals surface area contributed by atoms with Crippen LogP contribution >= 0.6 is 31.9 Å². The second-order valence-corrected chi connectivity index (χ2v) is 4.28. The highest BCUT2D eigenvalue weighted by Gasteiger charge is 2.03. The van der Waals surface area contributed by atoms with Crippen LogP contribution in [0.5, 0.6) is 11.8 Å². The Hall–Kier alpha value is -0.810. The van der Waals surface area contributed by atoms with E-state index in [0.717, 1.165) is 8.95 Å². The number of halogens is 2. The molecule has 71 valence electrons. The van der Waals surface area contributed by atoms with Gasteiger partial charge in [-0.2, -0.15) is 4.98 Å². The van der Waals surface area contributed by atoms with Crippen molar-refractivity contribution in [3.05, 3.63) is 39.6 Å². The van der Waals surface area contributed by atoms with Gasteiger partial charge in [-0.05, 0) is 18.2 Å². The molecule has 1 aromatic heterocycles. The fourth-order valence-corrected chi connectivity index (χ4v) is 2.17. The molecule has 0 unspecified atom stereocenters. The third-order valence-corrected chi connectivity index (χ3v) is 2.33. The molecule has 5 heteroatoms. The largest absolute Gasteiger partial charge is 0.411 e. The molecule has 0 spiro atoms. The average molecular weight is 318 g/mol. The highest BCUT2D eigenvalue weighted by Crippen LogP contribution is 2.27. The highest BCUT2D eigenvalue weighted by atomic mass is 79.9. The van der Waals surface area contributed by atoms with Crippen LogP contribution in [-0.4, -0.2) is 4.98 Å². The van der Waals surface area contributed by atoms with E-state index in [2.05, 4.69) is 43.1 Å². The fourth-order valence-electron chi connectivity index (χ4n) is 0.918. The number of ether oxygens (including phenoxy) is 1. The van der Waals surface area contributed by atoms with Crippen LogP contribution in [0.15, 0.2) is 37.8 Å². The number of aromatic nitrogens is 1. The molecule has 1 aromatic carbocycles. The topological polar surface area (TPSA) is 35.3 Å². The Morgan fingerprint density at radius 2 is 1.93 bits per heavy atom. The van der Waals surface area contributed by atoms with Crippen LogP contribution in [-0.2, 0) is 0 Å². The van der Waals surface area contributed by atoms with E-state index in [1.807, 2.05) is 18.2 Å². The maximum absolute atomic E-state index is 5.31. The SMILES string of the molecule is Brc1cc(Br)cc(Oc2nc[c]o2)c1. The van der Waals surface area contributed by atoms with Crippen molar-refractivity contribution < 1.29 is 9.15 Å². The lowest BCUT2D eigenvalue weighted by molar-refractivity contribution is 0.328. The molecular weight excluding hydrogens is 314 g/mol. The number of rotatable bonds is 2. The van der Waals surface area contributed by atoms with Gasteiger partial charge in [-0.25, -0.2) is 0 Å². The maximum Gasteiger partial charge on any atom is 0.399 e. The molecule has 0 aliphatic carbocycles. The molecule has 0 amide bonds. The smallest absolute Gasteiger partial charge is 0.399 e. The highest BCUT2D eigenvalue weighted by molar-refractivity contribution is 9.11. The standard InChI is InChI=1S/C9H4Br2NO2/c10-6-3-7(11)5-8(4-6)14-9-12-1-2-13-9/h1,3-5H. The number of benzene rings is 1. The molecule has 2 rings (SSSR count). The van der Waals surface area contributed by atoms with E-state index in [1.54, 1.807) is 0 Å². The number of oxazole rings is 1. The summed E-state index contributed by atoms with van der Waals surface area (Å²) in [4.78, 5) is 3.80. The van der Waals surface area contributed by atoms with Crippen molar-refractivity contribution in [2.75, 3.05) is 0 Å². The van der Waals surface area contributed by atoms with Crippen LogP contribution in [0.2, 0.25) is 0 Å². The summed E-state index contributed by atoms with van der Waals surface area (Å²) < 4.78 is 12.0. The van der Waals surface area contributed by atoms with Gasteiger partial charge in [0.1, 0.15) is 5.75 Å². The van der Waals surface area contributed by atoms with Crippen molar-refractivity contribution in [3.63, 3.8) is 0 Å². The molecule has 1 heterocycles. The van der Waals surface area contributed by atoms with E-state index in [-0.39, 0.29) is 6.08 Å². The Kier molecular flexibility index (Phi) is 2.88. The molecular formula is C9H4Br2NO2. The predicted octanol–water partition coefficient (Wildman–Crippen LogP) is 3.79. The van der Waals surface area contributed by atoms with Crippen LogP contribution in [0.3, 0.4) is 0 Å².